The summed E-state index contributed by atoms with van der Waals surface area (Å²) in [5, 5.41) is 13.1. The van der Waals surface area contributed by atoms with Gasteiger partial charge in [-0.15, -0.1) is 0 Å². The molecule has 2 aliphatic rings. The average Bonchev–Trinajstić information content (AvgIpc) is 3.52. The molecule has 1 spiro atoms. The van der Waals surface area contributed by atoms with Crippen molar-refractivity contribution in [3.05, 3.63) is 71.9 Å². The van der Waals surface area contributed by atoms with E-state index in [4.69, 9.17) is 14.2 Å². The van der Waals surface area contributed by atoms with Crippen LogP contribution in [-0.4, -0.2) is 54.8 Å². The van der Waals surface area contributed by atoms with Crippen molar-refractivity contribution in [3.8, 4) is 5.75 Å². The van der Waals surface area contributed by atoms with Crippen LogP contribution in [0.25, 0.3) is 21.7 Å². The van der Waals surface area contributed by atoms with Gasteiger partial charge in [0.15, 0.2) is 5.79 Å². The molecule has 186 valence electrons. The van der Waals surface area contributed by atoms with Gasteiger partial charge in [-0.25, -0.2) is 4.79 Å². The van der Waals surface area contributed by atoms with Crippen LogP contribution in [0.3, 0.4) is 0 Å². The number of benzene rings is 3. The average molecular weight is 487 g/mol. The standard InChI is InChI=1S/C29H30N2O5/c32-28(33)27-23(10-5-17-34-25-12-3-7-20-6-1-2-8-21(20)25)22-9-4-11-24(26(22)30-27)31-15-13-29(14-16-31)35-18-19-36-29/h1-4,6-9,11-12,30H,5,10,13-19H2,(H,32,33). The van der Waals surface area contributed by atoms with E-state index in [-0.39, 0.29) is 5.69 Å². The van der Waals surface area contributed by atoms with Crippen molar-refractivity contribution in [3.63, 3.8) is 0 Å². The second-order valence-corrected chi connectivity index (χ2v) is 9.51. The molecule has 2 fully saturated rings. The number of H-pyrrole nitrogens is 1. The minimum Gasteiger partial charge on any atom is -0.493 e. The molecule has 2 N–H and O–H groups in total. The number of ether oxygens (including phenoxy) is 3. The van der Waals surface area contributed by atoms with Gasteiger partial charge in [-0.2, -0.15) is 0 Å². The number of aromatic carboxylic acids is 1. The predicted octanol–water partition coefficient (Wildman–Crippen LogP) is 5.37. The lowest BCUT2D eigenvalue weighted by molar-refractivity contribution is -0.169. The summed E-state index contributed by atoms with van der Waals surface area (Å²) in [5.74, 6) is -0.528. The van der Waals surface area contributed by atoms with Crippen molar-refractivity contribution >= 4 is 33.3 Å². The molecule has 3 heterocycles. The molecule has 0 saturated carbocycles. The van der Waals surface area contributed by atoms with Crippen molar-refractivity contribution in [2.75, 3.05) is 37.8 Å². The first-order valence-corrected chi connectivity index (χ1v) is 12.6. The Labute approximate surface area is 209 Å². The molecular weight excluding hydrogens is 456 g/mol. The summed E-state index contributed by atoms with van der Waals surface area (Å²) in [4.78, 5) is 17.7. The van der Waals surface area contributed by atoms with E-state index in [9.17, 15) is 9.90 Å². The van der Waals surface area contributed by atoms with Gasteiger partial charge in [0.25, 0.3) is 0 Å². The number of aromatic nitrogens is 1. The Morgan fingerprint density at radius 3 is 2.50 bits per heavy atom. The maximum absolute atomic E-state index is 12.1. The highest BCUT2D eigenvalue weighted by Gasteiger charge is 2.40. The SMILES string of the molecule is O=C(O)c1[nH]c2c(N3CCC4(CC3)OCCO4)cccc2c1CCCOc1cccc2ccccc12. The number of hydrogen-bond acceptors (Lipinski definition) is 5. The number of hydrogen-bond donors (Lipinski definition) is 2. The second kappa shape index (κ2) is 9.48. The Balaban J connectivity index is 1.20. The molecule has 0 unspecified atom stereocenters. The van der Waals surface area contributed by atoms with E-state index in [1.54, 1.807) is 0 Å². The number of fused-ring (bicyclic) bond motifs is 2. The fourth-order valence-corrected chi connectivity index (χ4v) is 5.59. The van der Waals surface area contributed by atoms with Crippen LogP contribution in [0.4, 0.5) is 5.69 Å². The maximum Gasteiger partial charge on any atom is 0.352 e. The van der Waals surface area contributed by atoms with Crippen molar-refractivity contribution in [1.29, 1.82) is 0 Å². The molecule has 0 atom stereocenters. The number of anilines is 1. The molecule has 2 saturated heterocycles. The van der Waals surface area contributed by atoms with Crippen molar-refractivity contribution in [1.82, 2.24) is 4.98 Å². The van der Waals surface area contributed by atoms with Crippen molar-refractivity contribution < 1.29 is 24.1 Å². The number of aromatic amines is 1. The molecule has 0 aliphatic carbocycles. The van der Waals surface area contributed by atoms with Gasteiger partial charge >= 0.3 is 5.97 Å². The number of aryl methyl sites for hydroxylation is 1. The van der Waals surface area contributed by atoms with Crippen LogP contribution in [0, 0.1) is 0 Å². The highest BCUT2D eigenvalue weighted by Crippen LogP contribution is 2.37. The minimum absolute atomic E-state index is 0.263. The number of carboxylic acid groups (broad SMARTS) is 1. The van der Waals surface area contributed by atoms with Crippen LogP contribution in [0.5, 0.6) is 5.75 Å². The summed E-state index contributed by atoms with van der Waals surface area (Å²) in [7, 11) is 0. The number of carboxylic acids is 1. The lowest BCUT2D eigenvalue weighted by atomic mass is 10.0. The highest BCUT2D eigenvalue weighted by atomic mass is 16.7. The number of rotatable bonds is 7. The number of carbonyl (C=O) groups is 1. The van der Waals surface area contributed by atoms with E-state index in [1.165, 1.54) is 0 Å². The van der Waals surface area contributed by atoms with Crippen LogP contribution < -0.4 is 9.64 Å². The molecule has 0 radical (unpaired) electrons. The van der Waals surface area contributed by atoms with Gasteiger partial charge < -0.3 is 29.2 Å². The molecule has 6 rings (SSSR count). The quantitative estimate of drug-likeness (QED) is 0.342. The predicted molar refractivity (Wildman–Crippen MR) is 139 cm³/mol. The monoisotopic (exact) mass is 486 g/mol. The van der Waals surface area contributed by atoms with Crippen LogP contribution in [0.2, 0.25) is 0 Å². The van der Waals surface area contributed by atoms with Crippen molar-refractivity contribution in [2.45, 2.75) is 31.5 Å². The summed E-state index contributed by atoms with van der Waals surface area (Å²) in [6, 6.07) is 20.3. The van der Waals surface area contributed by atoms with Crippen LogP contribution in [-0.2, 0) is 15.9 Å². The number of nitrogens with zero attached hydrogens (tertiary/aromatic N) is 1. The van der Waals surface area contributed by atoms with Crippen LogP contribution >= 0.6 is 0 Å². The first-order chi connectivity index (χ1) is 17.6. The summed E-state index contributed by atoms with van der Waals surface area (Å²) < 4.78 is 17.8. The lowest BCUT2D eigenvalue weighted by Gasteiger charge is -2.38. The zero-order valence-electron chi connectivity index (χ0n) is 20.2. The van der Waals surface area contributed by atoms with Crippen LogP contribution in [0.15, 0.2) is 60.7 Å². The fourth-order valence-electron chi connectivity index (χ4n) is 5.59. The maximum atomic E-state index is 12.1. The Hall–Kier alpha value is -3.55. The van der Waals surface area contributed by atoms with Crippen LogP contribution in [0.1, 0.15) is 35.3 Å². The second-order valence-electron chi connectivity index (χ2n) is 9.51. The smallest absolute Gasteiger partial charge is 0.352 e. The Bertz CT molecular complexity index is 1390. The van der Waals surface area contributed by atoms with Gasteiger partial charge in [0, 0.05) is 36.7 Å². The Kier molecular flexibility index (Phi) is 6.03. The molecule has 2 aliphatic heterocycles. The van der Waals surface area contributed by atoms with E-state index < -0.39 is 11.8 Å². The minimum atomic E-state index is -0.938. The molecule has 7 nitrogen and oxygen atoms in total. The first kappa shape index (κ1) is 22.9. The van der Waals surface area contributed by atoms with Gasteiger partial charge in [0.1, 0.15) is 11.4 Å². The number of nitrogens with one attached hydrogen (secondary N) is 1. The van der Waals surface area contributed by atoms with E-state index in [0.29, 0.717) is 32.7 Å². The largest absolute Gasteiger partial charge is 0.493 e. The van der Waals surface area contributed by atoms with Gasteiger partial charge in [-0.3, -0.25) is 0 Å². The topological polar surface area (TPSA) is 84.0 Å². The Morgan fingerprint density at radius 1 is 0.972 bits per heavy atom. The third-order valence-electron chi connectivity index (χ3n) is 7.39. The Morgan fingerprint density at radius 2 is 1.69 bits per heavy atom. The lowest BCUT2D eigenvalue weighted by Crippen LogP contribution is -2.45. The molecule has 36 heavy (non-hydrogen) atoms. The van der Waals surface area contributed by atoms with E-state index in [1.807, 2.05) is 36.4 Å². The fraction of sp³-hybridized carbons (Fsp3) is 0.345. The molecule has 7 heteroatoms. The summed E-state index contributed by atoms with van der Waals surface area (Å²) in [5.41, 5.74) is 3.00. The zero-order chi connectivity index (χ0) is 24.5. The highest BCUT2D eigenvalue weighted by molar-refractivity contribution is 6.02. The zero-order valence-corrected chi connectivity index (χ0v) is 20.2. The van der Waals surface area contributed by atoms with Gasteiger partial charge in [-0.1, -0.05) is 48.5 Å². The molecule has 3 aromatic carbocycles. The molecule has 0 bridgehead atoms. The summed E-state index contributed by atoms with van der Waals surface area (Å²) in [6.45, 7) is 3.42. The van der Waals surface area contributed by atoms with Gasteiger partial charge in [0.05, 0.1) is 31.0 Å². The normalized spacial score (nSPS) is 17.3. The van der Waals surface area contributed by atoms with Gasteiger partial charge in [0.2, 0.25) is 0 Å². The number of para-hydroxylation sites is 1. The summed E-state index contributed by atoms with van der Waals surface area (Å²) in [6.07, 6.45) is 2.92. The number of piperidine rings is 1. The van der Waals surface area contributed by atoms with Gasteiger partial charge in [-0.05, 0) is 35.9 Å². The van der Waals surface area contributed by atoms with E-state index in [0.717, 1.165) is 64.6 Å². The molecule has 4 aromatic rings. The molecule has 1 aromatic heterocycles. The van der Waals surface area contributed by atoms with E-state index in [2.05, 4.69) is 34.1 Å². The molecule has 0 amide bonds. The third-order valence-corrected chi connectivity index (χ3v) is 7.39. The molecular formula is C29H30N2O5. The third kappa shape index (κ3) is 4.18. The summed E-state index contributed by atoms with van der Waals surface area (Å²) >= 11 is 0. The van der Waals surface area contributed by atoms with Crippen molar-refractivity contribution in [2.24, 2.45) is 0 Å². The first-order valence-electron chi connectivity index (χ1n) is 12.6. The van der Waals surface area contributed by atoms with E-state index >= 15 is 0 Å².